The molecule has 0 aliphatic rings. The van der Waals surface area contributed by atoms with E-state index in [0.29, 0.717) is 16.3 Å². The van der Waals surface area contributed by atoms with E-state index >= 15 is 0 Å². The molecule has 0 fully saturated rings. The number of tetrazole rings is 1. The molecule has 25 heavy (non-hydrogen) atoms. The van der Waals surface area contributed by atoms with E-state index in [1.54, 1.807) is 24.3 Å². The Morgan fingerprint density at radius 1 is 1.24 bits per heavy atom. The van der Waals surface area contributed by atoms with Crippen LogP contribution in [0.5, 0.6) is 0 Å². The van der Waals surface area contributed by atoms with Crippen molar-refractivity contribution < 1.29 is 9.72 Å². The molecule has 0 saturated carbocycles. The number of nitro benzene ring substituents is 1. The number of nitro groups is 1. The molecule has 1 N–H and O–H groups in total. The lowest BCUT2D eigenvalue weighted by Crippen LogP contribution is -2.20. The van der Waals surface area contributed by atoms with Gasteiger partial charge in [-0.1, -0.05) is 17.7 Å². The summed E-state index contributed by atoms with van der Waals surface area (Å²) in [5.74, 6) is -0.0691. The van der Waals surface area contributed by atoms with Crippen LogP contribution in [0.25, 0.3) is 11.4 Å². The molecule has 0 atom stereocenters. The van der Waals surface area contributed by atoms with Gasteiger partial charge < -0.3 is 5.32 Å². The number of hydrogen-bond donors (Lipinski definition) is 1. The standard InChI is InChI=1S/C15H11ClN6O3/c16-11-2-1-3-12(8-11)17-14(23)9-21-19-15(18-20-21)10-4-6-13(7-5-10)22(24)25/h1-8H,9H2,(H,17,23). The van der Waals surface area contributed by atoms with Crippen LogP contribution in [0.3, 0.4) is 0 Å². The maximum atomic E-state index is 12.0. The molecule has 1 aromatic heterocycles. The normalized spacial score (nSPS) is 10.4. The van der Waals surface area contributed by atoms with Gasteiger partial charge in [-0.2, -0.15) is 4.80 Å². The van der Waals surface area contributed by atoms with E-state index in [-0.39, 0.29) is 24.0 Å². The van der Waals surface area contributed by atoms with E-state index < -0.39 is 4.92 Å². The Hall–Kier alpha value is -3.33. The number of halogens is 1. The Labute approximate surface area is 146 Å². The smallest absolute Gasteiger partial charge is 0.269 e. The summed E-state index contributed by atoms with van der Waals surface area (Å²) in [4.78, 5) is 23.3. The van der Waals surface area contributed by atoms with Gasteiger partial charge in [-0.3, -0.25) is 14.9 Å². The lowest BCUT2D eigenvalue weighted by atomic mass is 10.2. The molecule has 0 bridgehead atoms. The predicted octanol–water partition coefficient (Wildman–Crippen LogP) is 2.54. The van der Waals surface area contributed by atoms with E-state index in [4.69, 9.17) is 11.6 Å². The number of carbonyl (C=O) groups excluding carboxylic acids is 1. The summed E-state index contributed by atoms with van der Waals surface area (Å²) in [7, 11) is 0. The van der Waals surface area contributed by atoms with E-state index in [2.05, 4.69) is 20.7 Å². The molecule has 3 rings (SSSR count). The Morgan fingerprint density at radius 2 is 2.00 bits per heavy atom. The average molecular weight is 359 g/mol. The van der Waals surface area contributed by atoms with Crippen LogP contribution in [0.1, 0.15) is 0 Å². The third-order valence-electron chi connectivity index (χ3n) is 3.18. The van der Waals surface area contributed by atoms with Crippen molar-refractivity contribution in [1.82, 2.24) is 20.2 Å². The monoisotopic (exact) mass is 358 g/mol. The van der Waals surface area contributed by atoms with Gasteiger partial charge in [-0.05, 0) is 35.5 Å². The van der Waals surface area contributed by atoms with Crippen molar-refractivity contribution in [3.8, 4) is 11.4 Å². The van der Waals surface area contributed by atoms with Crippen molar-refractivity contribution in [3.63, 3.8) is 0 Å². The summed E-state index contributed by atoms with van der Waals surface area (Å²) >= 11 is 5.86. The number of aromatic nitrogens is 4. The SMILES string of the molecule is O=C(Cn1nnc(-c2ccc([N+](=O)[O-])cc2)n1)Nc1cccc(Cl)c1. The minimum atomic E-state index is -0.492. The topological polar surface area (TPSA) is 116 Å². The molecule has 1 heterocycles. The van der Waals surface area contributed by atoms with Crippen molar-refractivity contribution in [2.24, 2.45) is 0 Å². The van der Waals surface area contributed by atoms with Crippen molar-refractivity contribution in [2.75, 3.05) is 5.32 Å². The van der Waals surface area contributed by atoms with Crippen LogP contribution in [0.2, 0.25) is 5.02 Å². The lowest BCUT2D eigenvalue weighted by molar-refractivity contribution is -0.384. The maximum Gasteiger partial charge on any atom is 0.269 e. The molecule has 0 radical (unpaired) electrons. The minimum Gasteiger partial charge on any atom is -0.324 e. The van der Waals surface area contributed by atoms with Crippen LogP contribution in [0.4, 0.5) is 11.4 Å². The summed E-state index contributed by atoms with van der Waals surface area (Å²) in [5.41, 5.74) is 1.09. The first kappa shape index (κ1) is 16.5. The molecule has 0 saturated heterocycles. The molecule has 1 amide bonds. The zero-order valence-corrected chi connectivity index (χ0v) is 13.4. The van der Waals surface area contributed by atoms with Gasteiger partial charge in [0.1, 0.15) is 6.54 Å². The van der Waals surface area contributed by atoms with Gasteiger partial charge in [0, 0.05) is 28.4 Å². The van der Waals surface area contributed by atoms with Gasteiger partial charge in [0.05, 0.1) is 4.92 Å². The van der Waals surface area contributed by atoms with Gasteiger partial charge in [-0.25, -0.2) is 0 Å². The van der Waals surface area contributed by atoms with Gasteiger partial charge in [0.25, 0.3) is 5.69 Å². The van der Waals surface area contributed by atoms with Gasteiger partial charge >= 0.3 is 0 Å². The molecule has 9 nitrogen and oxygen atoms in total. The summed E-state index contributed by atoms with van der Waals surface area (Å²) in [5, 5.41) is 25.6. The van der Waals surface area contributed by atoms with Crippen molar-refractivity contribution >= 4 is 28.9 Å². The van der Waals surface area contributed by atoms with Crippen molar-refractivity contribution in [1.29, 1.82) is 0 Å². The number of nitrogens with zero attached hydrogens (tertiary/aromatic N) is 5. The highest BCUT2D eigenvalue weighted by molar-refractivity contribution is 6.30. The summed E-state index contributed by atoms with van der Waals surface area (Å²) in [6, 6.07) is 12.5. The first-order valence-electron chi connectivity index (χ1n) is 7.09. The highest BCUT2D eigenvalue weighted by Gasteiger charge is 2.11. The summed E-state index contributed by atoms with van der Waals surface area (Å²) in [6.07, 6.45) is 0. The van der Waals surface area contributed by atoms with Crippen LogP contribution in [0.15, 0.2) is 48.5 Å². The molecule has 0 spiro atoms. The van der Waals surface area contributed by atoms with Crippen LogP contribution in [0, 0.1) is 10.1 Å². The average Bonchev–Trinajstić information content (AvgIpc) is 3.03. The molecule has 10 heteroatoms. The number of rotatable bonds is 5. The minimum absolute atomic E-state index is 0.0305. The Bertz CT molecular complexity index is 925. The fraction of sp³-hybridized carbons (Fsp3) is 0.0667. The molecule has 3 aromatic rings. The molecule has 0 aliphatic heterocycles. The zero-order valence-electron chi connectivity index (χ0n) is 12.7. The van der Waals surface area contributed by atoms with E-state index in [9.17, 15) is 14.9 Å². The number of amides is 1. The largest absolute Gasteiger partial charge is 0.324 e. The fourth-order valence-electron chi connectivity index (χ4n) is 2.05. The van der Waals surface area contributed by atoms with Gasteiger partial charge in [-0.15, -0.1) is 10.2 Å². The van der Waals surface area contributed by atoms with Crippen molar-refractivity contribution in [3.05, 3.63) is 63.7 Å². The van der Waals surface area contributed by atoms with Crippen molar-refractivity contribution in [2.45, 2.75) is 6.54 Å². The third kappa shape index (κ3) is 4.15. The highest BCUT2D eigenvalue weighted by atomic mass is 35.5. The van der Waals surface area contributed by atoms with Crippen LogP contribution in [-0.4, -0.2) is 31.0 Å². The summed E-state index contributed by atoms with van der Waals surface area (Å²) in [6.45, 7) is -0.132. The Kier molecular flexibility index (Phi) is 4.66. The molecule has 126 valence electrons. The number of non-ortho nitro benzene ring substituents is 1. The molecular formula is C15H11ClN6O3. The Morgan fingerprint density at radius 3 is 2.68 bits per heavy atom. The molecule has 0 unspecified atom stereocenters. The number of anilines is 1. The second kappa shape index (κ2) is 7.05. The Balaban J connectivity index is 1.67. The third-order valence-corrected chi connectivity index (χ3v) is 3.42. The van der Waals surface area contributed by atoms with Crippen LogP contribution >= 0.6 is 11.6 Å². The first-order valence-corrected chi connectivity index (χ1v) is 7.47. The summed E-state index contributed by atoms with van der Waals surface area (Å²) < 4.78 is 0. The van der Waals surface area contributed by atoms with E-state index in [1.807, 2.05) is 0 Å². The molecule has 2 aromatic carbocycles. The van der Waals surface area contributed by atoms with Gasteiger partial charge in [0.2, 0.25) is 11.7 Å². The zero-order chi connectivity index (χ0) is 17.8. The predicted molar refractivity (Wildman–Crippen MR) is 90.0 cm³/mol. The number of carbonyl (C=O) groups is 1. The van der Waals surface area contributed by atoms with E-state index in [1.165, 1.54) is 24.3 Å². The highest BCUT2D eigenvalue weighted by Crippen LogP contribution is 2.18. The second-order valence-electron chi connectivity index (χ2n) is 5.01. The van der Waals surface area contributed by atoms with E-state index in [0.717, 1.165) is 4.80 Å². The number of benzene rings is 2. The lowest BCUT2D eigenvalue weighted by Gasteiger charge is -2.04. The van der Waals surface area contributed by atoms with Gasteiger partial charge in [0.15, 0.2) is 0 Å². The van der Waals surface area contributed by atoms with Crippen LogP contribution in [-0.2, 0) is 11.3 Å². The molecule has 0 aliphatic carbocycles. The number of hydrogen-bond acceptors (Lipinski definition) is 6. The fourth-order valence-corrected chi connectivity index (χ4v) is 2.24. The quantitative estimate of drug-likeness (QED) is 0.553. The maximum absolute atomic E-state index is 12.0. The molecular weight excluding hydrogens is 348 g/mol. The second-order valence-corrected chi connectivity index (χ2v) is 5.44. The first-order chi connectivity index (χ1) is 12.0. The number of nitrogens with one attached hydrogen (secondary N) is 1. The van der Waals surface area contributed by atoms with Crippen LogP contribution < -0.4 is 5.32 Å².